The number of hydrogen-bond donors (Lipinski definition) is 1. The molecule has 0 aromatic carbocycles. The monoisotopic (exact) mass is 366 g/mol. The van der Waals surface area contributed by atoms with Crippen LogP contribution in [0.5, 0.6) is 0 Å². The molecule has 0 unspecified atom stereocenters. The van der Waals surface area contributed by atoms with E-state index in [1.165, 1.54) is 19.9 Å². The highest BCUT2D eigenvalue weighted by Crippen LogP contribution is 2.28. The molecule has 1 N–H and O–H groups in total. The Morgan fingerprint density at radius 1 is 1.25 bits per heavy atom. The van der Waals surface area contributed by atoms with E-state index in [0.29, 0.717) is 6.42 Å². The summed E-state index contributed by atoms with van der Waals surface area (Å²) in [5, 5.41) is 0. The van der Waals surface area contributed by atoms with Gasteiger partial charge in [-0.1, -0.05) is 19.4 Å². The van der Waals surface area contributed by atoms with Gasteiger partial charge in [0.25, 0.3) is 0 Å². The molecule has 0 fully saturated rings. The van der Waals surface area contributed by atoms with Crippen molar-refractivity contribution in [3.8, 4) is 0 Å². The number of carbonyl (C=O) groups is 1. The molecule has 0 radical (unpaired) electrons. The van der Waals surface area contributed by atoms with E-state index in [1.54, 1.807) is 0 Å². The molecule has 0 bridgehead atoms. The summed E-state index contributed by atoms with van der Waals surface area (Å²) in [5.41, 5.74) is -1.24. The van der Waals surface area contributed by atoms with E-state index in [9.17, 15) is 26.4 Å². The number of hydrogen-bond acceptors (Lipinski definition) is 4. The number of nitrogens with one attached hydrogen (secondary N) is 1. The van der Waals surface area contributed by atoms with Crippen molar-refractivity contribution in [1.82, 2.24) is 9.71 Å². The number of halogens is 3. The van der Waals surface area contributed by atoms with Crippen LogP contribution in [0.1, 0.15) is 45.0 Å². The molecule has 1 aromatic heterocycles. The van der Waals surface area contributed by atoms with Crippen LogP contribution in [0.15, 0.2) is 18.2 Å². The molecule has 5 nitrogen and oxygen atoms in total. The third kappa shape index (κ3) is 5.01. The Hall–Kier alpha value is -1.48. The molecule has 136 valence electrons. The van der Waals surface area contributed by atoms with E-state index in [4.69, 9.17) is 0 Å². The molecule has 0 saturated carbocycles. The molecule has 1 aromatic rings. The summed E-state index contributed by atoms with van der Waals surface area (Å²) in [6.45, 7) is 4.57. The van der Waals surface area contributed by atoms with Crippen molar-refractivity contribution in [2.24, 2.45) is 0 Å². The predicted molar refractivity (Wildman–Crippen MR) is 83.9 cm³/mol. The first-order valence-corrected chi connectivity index (χ1v) is 8.95. The summed E-state index contributed by atoms with van der Waals surface area (Å²) in [4.78, 5) is 15.7. The average molecular weight is 366 g/mol. The van der Waals surface area contributed by atoms with Crippen molar-refractivity contribution in [2.75, 3.05) is 6.54 Å². The third-order valence-electron chi connectivity index (χ3n) is 3.60. The highest BCUT2D eigenvalue weighted by atomic mass is 32.2. The lowest BCUT2D eigenvalue weighted by Crippen LogP contribution is -2.48. The number of ketones is 1. The van der Waals surface area contributed by atoms with Crippen LogP contribution in [0.4, 0.5) is 13.2 Å². The molecule has 0 spiro atoms. The minimum absolute atomic E-state index is 0.119. The molecule has 1 heterocycles. The Morgan fingerprint density at radius 2 is 1.88 bits per heavy atom. The number of sulfonamides is 1. The largest absolute Gasteiger partial charge is 0.433 e. The lowest BCUT2D eigenvalue weighted by atomic mass is 10.0. The van der Waals surface area contributed by atoms with Crippen LogP contribution >= 0.6 is 0 Å². The molecular formula is C15H21F3N2O3S. The first-order chi connectivity index (χ1) is 10.9. The van der Waals surface area contributed by atoms with Crippen molar-refractivity contribution < 1.29 is 26.4 Å². The molecule has 0 aliphatic heterocycles. The molecule has 9 heteroatoms. The van der Waals surface area contributed by atoms with Gasteiger partial charge in [-0.2, -0.15) is 13.2 Å². The average Bonchev–Trinajstić information content (AvgIpc) is 2.46. The summed E-state index contributed by atoms with van der Waals surface area (Å²) >= 11 is 0. The van der Waals surface area contributed by atoms with Crippen molar-refractivity contribution in [3.63, 3.8) is 0 Å². The lowest BCUT2D eigenvalue weighted by Gasteiger charge is -2.23. The van der Waals surface area contributed by atoms with E-state index >= 15 is 0 Å². The number of pyridine rings is 1. The Morgan fingerprint density at radius 3 is 2.42 bits per heavy atom. The van der Waals surface area contributed by atoms with Crippen molar-refractivity contribution in [2.45, 2.75) is 51.0 Å². The smallest absolute Gasteiger partial charge is 0.297 e. The van der Waals surface area contributed by atoms with Crippen molar-refractivity contribution in [3.05, 3.63) is 29.6 Å². The topological polar surface area (TPSA) is 76.1 Å². The van der Waals surface area contributed by atoms with Crippen LogP contribution < -0.4 is 4.72 Å². The molecule has 0 amide bonds. The molecule has 0 aliphatic carbocycles. The fraction of sp³-hybridized carbons (Fsp3) is 0.600. The van der Waals surface area contributed by atoms with E-state index in [2.05, 4.69) is 9.71 Å². The number of nitrogens with zero attached hydrogens (tertiary/aromatic N) is 1. The summed E-state index contributed by atoms with van der Waals surface area (Å²) in [7, 11) is -3.94. The van der Waals surface area contributed by atoms with Gasteiger partial charge in [-0.3, -0.25) is 4.79 Å². The van der Waals surface area contributed by atoms with Gasteiger partial charge in [-0.25, -0.2) is 18.1 Å². The standard InChI is InChI=1S/C15H21F3N2O3S/c1-4-5-9-19-24(22,23)14(2,3)13(21)10-11-7-6-8-12(20-11)15(16,17)18/h6-8,19H,4-5,9-10H2,1-3H3. The van der Waals surface area contributed by atoms with E-state index in [0.717, 1.165) is 18.6 Å². The highest BCUT2D eigenvalue weighted by Gasteiger charge is 2.41. The zero-order valence-electron chi connectivity index (χ0n) is 13.8. The minimum atomic E-state index is -4.62. The van der Waals surface area contributed by atoms with Crippen LogP contribution in [0.3, 0.4) is 0 Å². The summed E-state index contributed by atoms with van der Waals surface area (Å²) in [5.74, 6) is -0.724. The molecule has 0 aliphatic rings. The Kier molecular flexibility index (Phi) is 6.52. The minimum Gasteiger partial charge on any atom is -0.297 e. The SMILES string of the molecule is CCCCNS(=O)(=O)C(C)(C)C(=O)Cc1cccc(C(F)(F)F)n1. The van der Waals surface area contributed by atoms with E-state index in [-0.39, 0.29) is 12.2 Å². The second-order valence-electron chi connectivity index (χ2n) is 5.87. The quantitative estimate of drug-likeness (QED) is 0.718. The second-order valence-corrected chi connectivity index (χ2v) is 8.19. The normalized spacial score (nSPS) is 13.1. The predicted octanol–water partition coefficient (Wildman–Crippen LogP) is 2.71. The fourth-order valence-corrected chi connectivity index (χ4v) is 2.97. The van der Waals surface area contributed by atoms with Gasteiger partial charge < -0.3 is 0 Å². The molecule has 24 heavy (non-hydrogen) atoms. The number of carbonyl (C=O) groups excluding carboxylic acids is 1. The fourth-order valence-electron chi connectivity index (χ4n) is 1.83. The first kappa shape index (κ1) is 20.6. The molecular weight excluding hydrogens is 345 g/mol. The van der Waals surface area contributed by atoms with Crippen LogP contribution in [0, 0.1) is 0 Å². The Labute approximate surface area is 139 Å². The van der Waals surface area contributed by atoms with Gasteiger partial charge in [0.2, 0.25) is 10.0 Å². The van der Waals surface area contributed by atoms with Crippen LogP contribution in [0.25, 0.3) is 0 Å². The maximum atomic E-state index is 12.6. The van der Waals surface area contributed by atoms with Gasteiger partial charge >= 0.3 is 6.18 Å². The molecule has 0 atom stereocenters. The number of unbranched alkanes of at least 4 members (excludes halogenated alkanes) is 1. The zero-order valence-corrected chi connectivity index (χ0v) is 14.6. The van der Waals surface area contributed by atoms with Gasteiger partial charge in [0, 0.05) is 12.2 Å². The maximum absolute atomic E-state index is 12.6. The van der Waals surface area contributed by atoms with E-state index in [1.807, 2.05) is 6.92 Å². The summed E-state index contributed by atoms with van der Waals surface area (Å²) in [6, 6.07) is 3.20. The highest BCUT2D eigenvalue weighted by molar-refractivity contribution is 7.91. The van der Waals surface area contributed by atoms with Gasteiger partial charge in [0.15, 0.2) is 5.78 Å². The number of aromatic nitrogens is 1. The number of Topliss-reactive ketones (excluding diaryl/α,β-unsaturated/α-hetero) is 1. The number of rotatable bonds is 8. The van der Waals surface area contributed by atoms with Crippen molar-refractivity contribution in [1.29, 1.82) is 0 Å². The third-order valence-corrected chi connectivity index (χ3v) is 5.76. The molecule has 1 rings (SSSR count). The van der Waals surface area contributed by atoms with Crippen LogP contribution in [-0.2, 0) is 27.4 Å². The van der Waals surface area contributed by atoms with E-state index < -0.39 is 38.8 Å². The summed E-state index contributed by atoms with van der Waals surface area (Å²) < 4.78 is 63.0. The zero-order chi connectivity index (χ0) is 18.6. The number of alkyl halides is 3. The van der Waals surface area contributed by atoms with Gasteiger partial charge in [-0.05, 0) is 32.4 Å². The Bertz CT molecular complexity index is 685. The van der Waals surface area contributed by atoms with Gasteiger partial charge in [0.1, 0.15) is 10.4 Å². The molecule has 0 saturated heterocycles. The maximum Gasteiger partial charge on any atom is 0.433 e. The van der Waals surface area contributed by atoms with Gasteiger partial charge in [0.05, 0.1) is 6.42 Å². The van der Waals surface area contributed by atoms with Gasteiger partial charge in [-0.15, -0.1) is 0 Å². The second kappa shape index (κ2) is 7.60. The first-order valence-electron chi connectivity index (χ1n) is 7.47. The van der Waals surface area contributed by atoms with Crippen molar-refractivity contribution >= 4 is 15.8 Å². The Balaban J connectivity index is 2.94. The van der Waals surface area contributed by atoms with Crippen LogP contribution in [0.2, 0.25) is 0 Å². The van der Waals surface area contributed by atoms with Crippen LogP contribution in [-0.4, -0.2) is 30.5 Å². The summed E-state index contributed by atoms with van der Waals surface area (Å²) in [6.07, 6.45) is -3.71. The lowest BCUT2D eigenvalue weighted by molar-refractivity contribution is -0.141.